The SMILES string of the molecule is Cn1ccc2cc(F)c(CC3CCCCN3)cc21. The molecule has 0 bridgehead atoms. The van der Waals surface area contributed by atoms with Gasteiger partial charge in [0, 0.05) is 30.2 Å². The quantitative estimate of drug-likeness (QED) is 0.862. The van der Waals surface area contributed by atoms with E-state index in [4.69, 9.17) is 0 Å². The van der Waals surface area contributed by atoms with Gasteiger partial charge in [-0.05, 0) is 49.6 Å². The number of rotatable bonds is 2. The van der Waals surface area contributed by atoms with E-state index >= 15 is 0 Å². The summed E-state index contributed by atoms with van der Waals surface area (Å²) >= 11 is 0. The van der Waals surface area contributed by atoms with Crippen LogP contribution in [0.4, 0.5) is 4.39 Å². The standard InChI is InChI=1S/C15H19FN2/c1-18-7-5-11-9-14(16)12(10-15(11)18)8-13-4-2-3-6-17-13/h5,7,9-10,13,17H,2-4,6,8H2,1H3. The van der Waals surface area contributed by atoms with Crippen molar-refractivity contribution in [2.24, 2.45) is 7.05 Å². The summed E-state index contributed by atoms with van der Waals surface area (Å²) in [5.41, 5.74) is 1.95. The molecule has 3 rings (SSSR count). The van der Waals surface area contributed by atoms with Gasteiger partial charge in [-0.25, -0.2) is 4.39 Å². The molecule has 1 unspecified atom stereocenters. The molecule has 96 valence electrons. The van der Waals surface area contributed by atoms with Crippen LogP contribution in [0, 0.1) is 5.82 Å². The number of halogens is 1. The van der Waals surface area contributed by atoms with Crippen molar-refractivity contribution in [3.63, 3.8) is 0 Å². The number of hydrogen-bond donors (Lipinski definition) is 1. The van der Waals surface area contributed by atoms with E-state index < -0.39 is 0 Å². The maximum absolute atomic E-state index is 14.0. The van der Waals surface area contributed by atoms with E-state index in [1.165, 1.54) is 12.8 Å². The maximum Gasteiger partial charge on any atom is 0.127 e. The highest BCUT2D eigenvalue weighted by Crippen LogP contribution is 2.22. The first kappa shape index (κ1) is 11.7. The van der Waals surface area contributed by atoms with E-state index in [2.05, 4.69) is 5.32 Å². The molecule has 0 radical (unpaired) electrons. The average molecular weight is 246 g/mol. The molecule has 0 saturated carbocycles. The molecule has 1 aromatic heterocycles. The number of aryl methyl sites for hydroxylation is 1. The van der Waals surface area contributed by atoms with E-state index in [9.17, 15) is 4.39 Å². The molecule has 1 aromatic carbocycles. The molecule has 0 amide bonds. The minimum atomic E-state index is -0.0685. The Morgan fingerprint density at radius 2 is 2.28 bits per heavy atom. The van der Waals surface area contributed by atoms with Crippen LogP contribution in [0.3, 0.4) is 0 Å². The summed E-state index contributed by atoms with van der Waals surface area (Å²) in [6, 6.07) is 6.06. The van der Waals surface area contributed by atoms with Gasteiger partial charge < -0.3 is 9.88 Å². The highest BCUT2D eigenvalue weighted by atomic mass is 19.1. The van der Waals surface area contributed by atoms with Crippen LogP contribution in [-0.2, 0) is 13.5 Å². The highest BCUT2D eigenvalue weighted by molar-refractivity contribution is 5.81. The van der Waals surface area contributed by atoms with Crippen molar-refractivity contribution < 1.29 is 4.39 Å². The predicted molar refractivity (Wildman–Crippen MR) is 72.2 cm³/mol. The predicted octanol–water partition coefficient (Wildman–Crippen LogP) is 3.00. The van der Waals surface area contributed by atoms with Crippen molar-refractivity contribution in [2.45, 2.75) is 31.7 Å². The molecule has 1 saturated heterocycles. The van der Waals surface area contributed by atoms with Crippen molar-refractivity contribution in [1.82, 2.24) is 9.88 Å². The summed E-state index contributed by atoms with van der Waals surface area (Å²) < 4.78 is 16.1. The van der Waals surface area contributed by atoms with Crippen LogP contribution in [-0.4, -0.2) is 17.2 Å². The Labute approximate surface area is 107 Å². The number of nitrogens with one attached hydrogen (secondary N) is 1. The monoisotopic (exact) mass is 246 g/mol. The fourth-order valence-electron chi connectivity index (χ4n) is 2.85. The number of benzene rings is 1. The van der Waals surface area contributed by atoms with Crippen LogP contribution in [0.1, 0.15) is 24.8 Å². The van der Waals surface area contributed by atoms with Gasteiger partial charge in [-0.2, -0.15) is 0 Å². The van der Waals surface area contributed by atoms with Gasteiger partial charge in [-0.3, -0.25) is 0 Å². The van der Waals surface area contributed by atoms with E-state index in [1.54, 1.807) is 6.07 Å². The Kier molecular flexibility index (Phi) is 3.08. The van der Waals surface area contributed by atoms with Gasteiger partial charge in [0.05, 0.1) is 0 Å². The summed E-state index contributed by atoms with van der Waals surface area (Å²) in [6.07, 6.45) is 6.44. The zero-order chi connectivity index (χ0) is 12.5. The zero-order valence-electron chi connectivity index (χ0n) is 10.7. The number of hydrogen-bond acceptors (Lipinski definition) is 1. The summed E-state index contributed by atoms with van der Waals surface area (Å²) in [5.74, 6) is -0.0685. The van der Waals surface area contributed by atoms with Crippen LogP contribution < -0.4 is 5.32 Å². The summed E-state index contributed by atoms with van der Waals surface area (Å²) in [4.78, 5) is 0. The van der Waals surface area contributed by atoms with Crippen LogP contribution in [0.5, 0.6) is 0 Å². The van der Waals surface area contributed by atoms with Crippen LogP contribution in [0.25, 0.3) is 10.9 Å². The Balaban J connectivity index is 1.90. The van der Waals surface area contributed by atoms with Gasteiger partial charge in [-0.1, -0.05) is 6.42 Å². The van der Waals surface area contributed by atoms with Gasteiger partial charge >= 0.3 is 0 Å². The molecule has 2 aromatic rings. The van der Waals surface area contributed by atoms with Crippen molar-refractivity contribution in [3.8, 4) is 0 Å². The van der Waals surface area contributed by atoms with Crippen LogP contribution in [0.15, 0.2) is 24.4 Å². The van der Waals surface area contributed by atoms with Gasteiger partial charge in [0.25, 0.3) is 0 Å². The fraction of sp³-hybridized carbons (Fsp3) is 0.467. The average Bonchev–Trinajstić information content (AvgIpc) is 2.73. The second-order valence-electron chi connectivity index (χ2n) is 5.28. The smallest absolute Gasteiger partial charge is 0.127 e. The van der Waals surface area contributed by atoms with Crippen molar-refractivity contribution in [3.05, 3.63) is 35.8 Å². The lowest BCUT2D eigenvalue weighted by Gasteiger charge is -2.23. The maximum atomic E-state index is 14.0. The second kappa shape index (κ2) is 4.73. The lowest BCUT2D eigenvalue weighted by atomic mass is 9.97. The first-order chi connectivity index (χ1) is 8.74. The molecule has 1 atom stereocenters. The molecule has 3 heteroatoms. The third-order valence-electron chi connectivity index (χ3n) is 3.93. The van der Waals surface area contributed by atoms with Crippen molar-refractivity contribution in [1.29, 1.82) is 0 Å². The molecule has 1 aliphatic rings. The largest absolute Gasteiger partial charge is 0.351 e. The lowest BCUT2D eigenvalue weighted by molar-refractivity contribution is 0.395. The molecule has 0 aliphatic carbocycles. The molecule has 1 aliphatic heterocycles. The molecule has 0 spiro atoms. The number of nitrogens with zero attached hydrogens (tertiary/aromatic N) is 1. The van der Waals surface area contributed by atoms with Crippen LogP contribution >= 0.6 is 0 Å². The highest BCUT2D eigenvalue weighted by Gasteiger charge is 2.16. The minimum Gasteiger partial charge on any atom is -0.351 e. The molecule has 2 nitrogen and oxygen atoms in total. The molecule has 1 fully saturated rings. The lowest BCUT2D eigenvalue weighted by Crippen LogP contribution is -2.35. The van der Waals surface area contributed by atoms with Gasteiger partial charge in [0.1, 0.15) is 5.82 Å². The number of piperidine rings is 1. The van der Waals surface area contributed by atoms with Crippen LogP contribution in [0.2, 0.25) is 0 Å². The molecule has 1 N–H and O–H groups in total. The van der Waals surface area contributed by atoms with Gasteiger partial charge in [-0.15, -0.1) is 0 Å². The Bertz CT molecular complexity index is 553. The summed E-state index contributed by atoms with van der Waals surface area (Å²) in [6.45, 7) is 1.07. The molecule has 2 heterocycles. The van der Waals surface area contributed by atoms with Crippen molar-refractivity contribution >= 4 is 10.9 Å². The van der Waals surface area contributed by atoms with Gasteiger partial charge in [0.2, 0.25) is 0 Å². The second-order valence-corrected chi connectivity index (χ2v) is 5.28. The molecule has 18 heavy (non-hydrogen) atoms. The third-order valence-corrected chi connectivity index (χ3v) is 3.93. The van der Waals surface area contributed by atoms with E-state index in [1.807, 2.05) is 29.9 Å². The number of aromatic nitrogens is 1. The summed E-state index contributed by atoms with van der Waals surface area (Å²) in [5, 5.41) is 4.46. The Morgan fingerprint density at radius 3 is 3.06 bits per heavy atom. The fourth-order valence-corrected chi connectivity index (χ4v) is 2.85. The van der Waals surface area contributed by atoms with E-state index in [-0.39, 0.29) is 5.82 Å². The third kappa shape index (κ3) is 2.15. The topological polar surface area (TPSA) is 17.0 Å². The normalized spacial score (nSPS) is 20.4. The first-order valence-corrected chi connectivity index (χ1v) is 6.71. The van der Waals surface area contributed by atoms with Crippen molar-refractivity contribution in [2.75, 3.05) is 6.54 Å². The van der Waals surface area contributed by atoms with Gasteiger partial charge in [0.15, 0.2) is 0 Å². The Morgan fingerprint density at radius 1 is 1.39 bits per heavy atom. The molecular formula is C15H19FN2. The Hall–Kier alpha value is -1.35. The molecular weight excluding hydrogens is 227 g/mol. The summed E-state index contributed by atoms with van der Waals surface area (Å²) in [7, 11) is 2.00. The van der Waals surface area contributed by atoms with E-state index in [0.29, 0.717) is 6.04 Å². The van der Waals surface area contributed by atoms with E-state index in [0.717, 1.165) is 35.9 Å². The minimum absolute atomic E-state index is 0.0685. The zero-order valence-corrected chi connectivity index (χ0v) is 10.7. The number of fused-ring (bicyclic) bond motifs is 1. The first-order valence-electron chi connectivity index (χ1n) is 6.71.